The normalized spacial score (nSPS) is 10.9. The zero-order valence-corrected chi connectivity index (χ0v) is 15.7. The number of thiazole rings is 1. The van der Waals surface area contributed by atoms with E-state index >= 15 is 0 Å². The number of nitrogens with zero attached hydrogens (tertiary/aromatic N) is 5. The van der Waals surface area contributed by atoms with Crippen molar-refractivity contribution in [3.63, 3.8) is 0 Å². The van der Waals surface area contributed by atoms with Crippen LogP contribution in [0, 0.1) is 20.8 Å². The first kappa shape index (κ1) is 17.3. The molecule has 0 N–H and O–H groups in total. The molecule has 0 aliphatic heterocycles. The van der Waals surface area contributed by atoms with Gasteiger partial charge in [0, 0.05) is 26.0 Å². The highest BCUT2D eigenvalue weighted by Gasteiger charge is 2.22. The maximum absolute atomic E-state index is 13.2. The zero-order chi connectivity index (χ0) is 18.0. The number of hydrogen-bond donors (Lipinski definition) is 0. The second-order valence-corrected chi connectivity index (χ2v) is 7.27. The fourth-order valence-electron chi connectivity index (χ4n) is 2.79. The maximum atomic E-state index is 13.2. The Kier molecular flexibility index (Phi) is 4.94. The van der Waals surface area contributed by atoms with Gasteiger partial charge in [0.15, 0.2) is 0 Å². The molecule has 7 heteroatoms. The highest BCUT2D eigenvalue weighted by molar-refractivity contribution is 7.13. The van der Waals surface area contributed by atoms with Gasteiger partial charge in [-0.1, -0.05) is 6.07 Å². The van der Waals surface area contributed by atoms with E-state index in [2.05, 4.69) is 15.1 Å². The first-order valence-electron chi connectivity index (χ1n) is 8.05. The fourth-order valence-corrected chi connectivity index (χ4v) is 3.68. The molecule has 130 valence electrons. The summed E-state index contributed by atoms with van der Waals surface area (Å²) in [4.78, 5) is 24.2. The third kappa shape index (κ3) is 3.93. The molecule has 0 aliphatic rings. The Morgan fingerprint density at radius 1 is 1.28 bits per heavy atom. The molecule has 0 fully saturated rings. The van der Waals surface area contributed by atoms with Gasteiger partial charge >= 0.3 is 0 Å². The minimum Gasteiger partial charge on any atom is -0.328 e. The Morgan fingerprint density at radius 2 is 2.08 bits per heavy atom. The second kappa shape index (κ2) is 7.14. The average molecular weight is 355 g/mol. The van der Waals surface area contributed by atoms with Crippen LogP contribution in [0.25, 0.3) is 0 Å². The van der Waals surface area contributed by atoms with Gasteiger partial charge in [-0.3, -0.25) is 14.5 Å². The van der Waals surface area contributed by atoms with E-state index in [1.165, 1.54) is 11.3 Å². The first-order chi connectivity index (χ1) is 11.9. The molecule has 25 heavy (non-hydrogen) atoms. The standard InChI is InChI=1S/C18H21N5OS/c1-12-8-16(22(4)21-12)11-23(10-15-6-5-7-19-9-15)18(24)17-13(2)20-14(3)25-17/h5-9H,10-11H2,1-4H3. The molecule has 0 spiro atoms. The van der Waals surface area contributed by atoms with Gasteiger partial charge in [0.05, 0.1) is 28.6 Å². The van der Waals surface area contributed by atoms with E-state index in [1.54, 1.807) is 12.4 Å². The highest BCUT2D eigenvalue weighted by atomic mass is 32.1. The molecule has 0 unspecified atom stereocenters. The molecule has 0 radical (unpaired) electrons. The van der Waals surface area contributed by atoms with E-state index in [0.29, 0.717) is 18.0 Å². The SMILES string of the molecule is Cc1cc(CN(Cc2cccnc2)C(=O)c2sc(C)nc2C)n(C)n1. The number of rotatable bonds is 5. The van der Waals surface area contributed by atoms with E-state index in [1.807, 2.05) is 55.6 Å². The third-order valence-corrected chi connectivity index (χ3v) is 4.99. The summed E-state index contributed by atoms with van der Waals surface area (Å²) in [5, 5.41) is 5.28. The second-order valence-electron chi connectivity index (χ2n) is 6.07. The quantitative estimate of drug-likeness (QED) is 0.706. The predicted molar refractivity (Wildman–Crippen MR) is 97.3 cm³/mol. The van der Waals surface area contributed by atoms with Crippen molar-refractivity contribution < 1.29 is 4.79 Å². The summed E-state index contributed by atoms with van der Waals surface area (Å²) in [6.45, 7) is 6.74. The highest BCUT2D eigenvalue weighted by Crippen LogP contribution is 2.22. The van der Waals surface area contributed by atoms with Crippen molar-refractivity contribution in [1.29, 1.82) is 0 Å². The molecule has 3 aromatic heterocycles. The lowest BCUT2D eigenvalue weighted by Gasteiger charge is -2.22. The molecular formula is C18H21N5OS. The number of amides is 1. The minimum absolute atomic E-state index is 0.00851. The molecule has 6 nitrogen and oxygen atoms in total. The van der Waals surface area contributed by atoms with Gasteiger partial charge in [-0.05, 0) is 38.5 Å². The van der Waals surface area contributed by atoms with E-state index in [9.17, 15) is 4.79 Å². The summed E-state index contributed by atoms with van der Waals surface area (Å²) >= 11 is 1.44. The lowest BCUT2D eigenvalue weighted by atomic mass is 10.2. The molecule has 3 rings (SSSR count). The molecule has 1 amide bonds. The summed E-state index contributed by atoms with van der Waals surface area (Å²) < 4.78 is 1.82. The van der Waals surface area contributed by atoms with Crippen LogP contribution in [0.1, 0.15) is 37.3 Å². The van der Waals surface area contributed by atoms with E-state index in [0.717, 1.165) is 27.7 Å². The van der Waals surface area contributed by atoms with Crippen LogP contribution in [0.2, 0.25) is 0 Å². The van der Waals surface area contributed by atoms with Gasteiger partial charge in [0.1, 0.15) is 4.88 Å². The summed E-state index contributed by atoms with van der Waals surface area (Å²) in [5.41, 5.74) is 3.71. The summed E-state index contributed by atoms with van der Waals surface area (Å²) in [5.74, 6) is -0.00851. The summed E-state index contributed by atoms with van der Waals surface area (Å²) in [6.07, 6.45) is 3.52. The topological polar surface area (TPSA) is 63.9 Å². The Balaban J connectivity index is 1.92. The lowest BCUT2D eigenvalue weighted by molar-refractivity contribution is 0.0730. The van der Waals surface area contributed by atoms with Crippen LogP contribution < -0.4 is 0 Å². The van der Waals surface area contributed by atoms with Crippen molar-refractivity contribution in [2.24, 2.45) is 7.05 Å². The monoisotopic (exact) mass is 355 g/mol. The number of pyridine rings is 1. The zero-order valence-electron chi connectivity index (χ0n) is 14.9. The molecular weight excluding hydrogens is 334 g/mol. The molecule has 0 bridgehead atoms. The van der Waals surface area contributed by atoms with E-state index < -0.39 is 0 Å². The van der Waals surface area contributed by atoms with Crippen LogP contribution in [0.3, 0.4) is 0 Å². The van der Waals surface area contributed by atoms with Gasteiger partial charge in [-0.25, -0.2) is 4.98 Å². The first-order valence-corrected chi connectivity index (χ1v) is 8.87. The number of aromatic nitrogens is 4. The number of aryl methyl sites for hydroxylation is 4. The summed E-state index contributed by atoms with van der Waals surface area (Å²) in [7, 11) is 1.90. The van der Waals surface area contributed by atoms with Crippen molar-refractivity contribution >= 4 is 17.2 Å². The van der Waals surface area contributed by atoms with Gasteiger partial charge < -0.3 is 4.90 Å². The number of carbonyl (C=O) groups excluding carboxylic acids is 1. The molecule has 0 saturated carbocycles. The van der Waals surface area contributed by atoms with Gasteiger partial charge in [0.2, 0.25) is 0 Å². The Hall–Kier alpha value is -2.54. The average Bonchev–Trinajstić information content (AvgIpc) is 3.07. The maximum Gasteiger partial charge on any atom is 0.266 e. The molecule has 0 atom stereocenters. The van der Waals surface area contributed by atoms with Gasteiger partial charge in [-0.2, -0.15) is 5.10 Å². The Bertz CT molecular complexity index is 884. The predicted octanol–water partition coefficient (Wildman–Crippen LogP) is 3.04. The van der Waals surface area contributed by atoms with Crippen LogP contribution >= 0.6 is 11.3 Å². The van der Waals surface area contributed by atoms with Gasteiger partial charge in [-0.15, -0.1) is 11.3 Å². The molecule has 3 aromatic rings. The smallest absolute Gasteiger partial charge is 0.266 e. The molecule has 0 saturated heterocycles. The van der Waals surface area contributed by atoms with E-state index in [-0.39, 0.29) is 5.91 Å². The third-order valence-electron chi connectivity index (χ3n) is 3.93. The molecule has 3 heterocycles. The number of carbonyl (C=O) groups is 1. The van der Waals surface area contributed by atoms with Crippen LogP contribution in [0.4, 0.5) is 0 Å². The van der Waals surface area contributed by atoms with Crippen molar-refractivity contribution in [2.45, 2.75) is 33.9 Å². The summed E-state index contributed by atoms with van der Waals surface area (Å²) in [6, 6.07) is 5.87. The van der Waals surface area contributed by atoms with Crippen molar-refractivity contribution in [3.05, 3.63) is 63.1 Å². The Morgan fingerprint density at radius 3 is 2.64 bits per heavy atom. The Labute approximate surface area is 151 Å². The van der Waals surface area contributed by atoms with E-state index in [4.69, 9.17) is 0 Å². The van der Waals surface area contributed by atoms with Crippen molar-refractivity contribution in [1.82, 2.24) is 24.6 Å². The minimum atomic E-state index is -0.00851. The van der Waals surface area contributed by atoms with Gasteiger partial charge in [0.25, 0.3) is 5.91 Å². The number of hydrogen-bond acceptors (Lipinski definition) is 5. The fraction of sp³-hybridized carbons (Fsp3) is 0.333. The van der Waals surface area contributed by atoms with Crippen LogP contribution in [0.5, 0.6) is 0 Å². The largest absolute Gasteiger partial charge is 0.328 e. The van der Waals surface area contributed by atoms with Crippen LogP contribution in [-0.4, -0.2) is 30.6 Å². The molecule has 0 aromatic carbocycles. The van der Waals surface area contributed by atoms with Crippen LogP contribution in [-0.2, 0) is 20.1 Å². The van der Waals surface area contributed by atoms with Crippen LogP contribution in [0.15, 0.2) is 30.6 Å². The molecule has 0 aliphatic carbocycles. The van der Waals surface area contributed by atoms with Crippen molar-refractivity contribution in [3.8, 4) is 0 Å². The lowest BCUT2D eigenvalue weighted by Crippen LogP contribution is -2.31. The van der Waals surface area contributed by atoms with Crippen molar-refractivity contribution in [2.75, 3.05) is 0 Å².